The summed E-state index contributed by atoms with van der Waals surface area (Å²) >= 11 is 3.34. The highest BCUT2D eigenvalue weighted by Crippen LogP contribution is 2.21. The van der Waals surface area contributed by atoms with Crippen LogP contribution in [0.25, 0.3) is 10.9 Å². The van der Waals surface area contributed by atoms with E-state index in [1.807, 2.05) is 6.07 Å². The number of fused-ring (bicyclic) bond motifs is 1. The van der Waals surface area contributed by atoms with Gasteiger partial charge in [0.05, 0.1) is 29.0 Å². The second-order valence-corrected chi connectivity index (χ2v) is 6.52. The molecule has 0 unspecified atom stereocenters. The fourth-order valence-electron chi connectivity index (χ4n) is 2.48. The molecule has 1 heterocycles. The van der Waals surface area contributed by atoms with Crippen molar-refractivity contribution in [3.8, 4) is 0 Å². The zero-order valence-electron chi connectivity index (χ0n) is 13.8. The van der Waals surface area contributed by atoms with Gasteiger partial charge < -0.3 is 10.6 Å². The largest absolute Gasteiger partial charge is 0.343 e. The van der Waals surface area contributed by atoms with Crippen LogP contribution in [0.15, 0.2) is 53.0 Å². The Morgan fingerprint density at radius 1 is 1.15 bits per heavy atom. The van der Waals surface area contributed by atoms with Crippen LogP contribution in [-0.2, 0) is 4.79 Å². The summed E-state index contributed by atoms with van der Waals surface area (Å²) in [6.07, 6.45) is 0. The topological polar surface area (TPSA) is 71.1 Å². The van der Waals surface area contributed by atoms with Crippen molar-refractivity contribution in [3.63, 3.8) is 0 Å². The Morgan fingerprint density at radius 2 is 1.92 bits per heavy atom. The fraction of sp³-hybridized carbons (Fsp3) is 0.105. The van der Waals surface area contributed by atoms with Gasteiger partial charge in [-0.25, -0.2) is 4.39 Å². The molecule has 0 aliphatic carbocycles. The van der Waals surface area contributed by atoms with Gasteiger partial charge in [0.25, 0.3) is 5.91 Å². The van der Waals surface area contributed by atoms with Crippen molar-refractivity contribution in [2.24, 2.45) is 0 Å². The molecule has 2 aromatic carbocycles. The Morgan fingerprint density at radius 3 is 2.69 bits per heavy atom. The third-order valence-electron chi connectivity index (χ3n) is 3.77. The summed E-state index contributed by atoms with van der Waals surface area (Å²) in [6.45, 7) is 1.49. The molecule has 5 nitrogen and oxygen atoms in total. The molecule has 7 heteroatoms. The van der Waals surface area contributed by atoms with E-state index in [0.717, 1.165) is 4.47 Å². The number of aromatic nitrogens is 1. The van der Waals surface area contributed by atoms with E-state index < -0.39 is 5.91 Å². The van der Waals surface area contributed by atoms with Crippen LogP contribution in [0.2, 0.25) is 0 Å². The number of pyridine rings is 1. The predicted octanol–water partition coefficient (Wildman–Crippen LogP) is 3.81. The molecule has 2 amide bonds. The Labute approximate surface area is 157 Å². The van der Waals surface area contributed by atoms with Gasteiger partial charge in [0.1, 0.15) is 5.82 Å². The lowest BCUT2D eigenvalue weighted by molar-refractivity contribution is -0.115. The number of benzene rings is 2. The molecule has 0 saturated heterocycles. The summed E-state index contributed by atoms with van der Waals surface area (Å²) in [5.41, 5.74) is 1.91. The second kappa shape index (κ2) is 7.61. The third kappa shape index (κ3) is 4.05. The molecule has 1 aromatic heterocycles. The zero-order chi connectivity index (χ0) is 18.7. The van der Waals surface area contributed by atoms with Gasteiger partial charge in [-0.3, -0.25) is 14.6 Å². The van der Waals surface area contributed by atoms with Crippen molar-refractivity contribution in [2.75, 3.05) is 11.9 Å². The number of halogens is 2. The van der Waals surface area contributed by atoms with Crippen LogP contribution in [-0.4, -0.2) is 23.3 Å². The number of aryl methyl sites for hydroxylation is 1. The Bertz CT molecular complexity index is 1010. The van der Waals surface area contributed by atoms with Crippen molar-refractivity contribution in [2.45, 2.75) is 6.92 Å². The maximum Gasteiger partial charge on any atom is 0.253 e. The lowest BCUT2D eigenvalue weighted by atomic mass is 10.1. The van der Waals surface area contributed by atoms with E-state index in [4.69, 9.17) is 0 Å². The summed E-state index contributed by atoms with van der Waals surface area (Å²) in [6, 6.07) is 13.0. The number of nitrogens with one attached hydrogen (secondary N) is 2. The van der Waals surface area contributed by atoms with Crippen molar-refractivity contribution in [1.29, 1.82) is 0 Å². The van der Waals surface area contributed by atoms with Crippen LogP contribution < -0.4 is 10.6 Å². The van der Waals surface area contributed by atoms with Crippen molar-refractivity contribution in [1.82, 2.24) is 10.3 Å². The number of hydrogen-bond donors (Lipinski definition) is 2. The maximum absolute atomic E-state index is 13.3. The minimum Gasteiger partial charge on any atom is -0.343 e. The average Bonchev–Trinajstić information content (AvgIpc) is 2.61. The van der Waals surface area contributed by atoms with Crippen LogP contribution >= 0.6 is 15.9 Å². The monoisotopic (exact) mass is 415 g/mol. The molecule has 0 spiro atoms. The van der Waals surface area contributed by atoms with Crippen LogP contribution in [0.3, 0.4) is 0 Å². The molecular formula is C19H15BrFN3O2. The van der Waals surface area contributed by atoms with E-state index in [1.165, 1.54) is 12.1 Å². The quantitative estimate of drug-likeness (QED) is 0.680. The first-order chi connectivity index (χ1) is 12.4. The van der Waals surface area contributed by atoms with Crippen molar-refractivity contribution in [3.05, 3.63) is 70.1 Å². The number of hydrogen-bond acceptors (Lipinski definition) is 3. The van der Waals surface area contributed by atoms with E-state index in [-0.39, 0.29) is 18.3 Å². The molecule has 0 aliphatic heterocycles. The lowest BCUT2D eigenvalue weighted by Crippen LogP contribution is -2.33. The Balaban J connectivity index is 1.69. The number of carbonyl (C=O) groups is 2. The first kappa shape index (κ1) is 18.0. The van der Waals surface area contributed by atoms with E-state index >= 15 is 0 Å². The minimum absolute atomic E-state index is 0.180. The van der Waals surface area contributed by atoms with Crippen molar-refractivity contribution >= 4 is 44.3 Å². The highest BCUT2D eigenvalue weighted by Gasteiger charge is 2.13. The molecule has 0 bridgehead atoms. The smallest absolute Gasteiger partial charge is 0.253 e. The van der Waals surface area contributed by atoms with Gasteiger partial charge >= 0.3 is 0 Å². The number of amides is 2. The average molecular weight is 416 g/mol. The first-order valence-electron chi connectivity index (χ1n) is 7.83. The van der Waals surface area contributed by atoms with E-state index in [2.05, 4.69) is 31.5 Å². The molecule has 0 aliphatic rings. The van der Waals surface area contributed by atoms with Gasteiger partial charge in [-0.05, 0) is 53.2 Å². The lowest BCUT2D eigenvalue weighted by Gasteiger charge is -2.10. The van der Waals surface area contributed by atoms with Crippen LogP contribution in [0.5, 0.6) is 0 Å². The first-order valence-corrected chi connectivity index (χ1v) is 8.63. The molecule has 3 aromatic rings. The second-order valence-electron chi connectivity index (χ2n) is 5.67. The molecule has 2 N–H and O–H groups in total. The van der Waals surface area contributed by atoms with Gasteiger partial charge in [0, 0.05) is 15.9 Å². The molecule has 0 radical (unpaired) electrons. The summed E-state index contributed by atoms with van der Waals surface area (Å²) < 4.78 is 14.0. The van der Waals surface area contributed by atoms with Gasteiger partial charge in [-0.1, -0.05) is 12.1 Å². The number of nitrogens with zero attached hydrogens (tertiary/aromatic N) is 1. The molecule has 3 rings (SSSR count). The predicted molar refractivity (Wildman–Crippen MR) is 102 cm³/mol. The van der Waals surface area contributed by atoms with Crippen LogP contribution in [0.4, 0.5) is 10.1 Å². The Kier molecular flexibility index (Phi) is 5.27. The van der Waals surface area contributed by atoms with Gasteiger partial charge in [-0.15, -0.1) is 0 Å². The summed E-state index contributed by atoms with van der Waals surface area (Å²) in [5.74, 6) is -1.15. The van der Waals surface area contributed by atoms with Gasteiger partial charge in [0.2, 0.25) is 5.91 Å². The molecule has 132 valence electrons. The Hall–Kier alpha value is -2.80. The normalized spacial score (nSPS) is 10.6. The standard InChI is InChI=1S/C19H15BrFN3O2/c1-11-14(8-12-6-7-13(21)9-17(12)23-11)19(26)22-10-18(25)24-16-5-3-2-4-15(16)20/h2-9H,10H2,1H3,(H,22,26)(H,24,25). The van der Waals surface area contributed by atoms with Crippen molar-refractivity contribution < 1.29 is 14.0 Å². The van der Waals surface area contributed by atoms with Gasteiger partial charge in [-0.2, -0.15) is 0 Å². The third-order valence-corrected chi connectivity index (χ3v) is 4.46. The van der Waals surface area contributed by atoms with E-state index in [1.54, 1.807) is 37.3 Å². The number of carbonyl (C=O) groups excluding carboxylic acids is 2. The zero-order valence-corrected chi connectivity index (χ0v) is 15.4. The number of para-hydroxylation sites is 1. The highest BCUT2D eigenvalue weighted by molar-refractivity contribution is 9.10. The SMILES string of the molecule is Cc1nc2cc(F)ccc2cc1C(=O)NCC(=O)Nc1ccccc1Br. The molecule has 26 heavy (non-hydrogen) atoms. The number of rotatable bonds is 4. The van der Waals surface area contributed by atoms with Crippen LogP contribution in [0.1, 0.15) is 16.1 Å². The van der Waals surface area contributed by atoms with E-state index in [9.17, 15) is 14.0 Å². The summed E-state index contributed by atoms with van der Waals surface area (Å²) in [5, 5.41) is 5.94. The van der Waals surface area contributed by atoms with Crippen LogP contribution in [0, 0.1) is 12.7 Å². The van der Waals surface area contributed by atoms with E-state index in [0.29, 0.717) is 27.8 Å². The fourth-order valence-corrected chi connectivity index (χ4v) is 2.86. The molecule has 0 atom stereocenters. The molecular weight excluding hydrogens is 401 g/mol. The maximum atomic E-state index is 13.3. The minimum atomic E-state index is -0.413. The van der Waals surface area contributed by atoms with Gasteiger partial charge in [0.15, 0.2) is 0 Å². The summed E-state index contributed by atoms with van der Waals surface area (Å²) in [4.78, 5) is 28.7. The molecule has 0 saturated carbocycles. The molecule has 0 fully saturated rings. The number of anilines is 1. The highest BCUT2D eigenvalue weighted by atomic mass is 79.9. The summed E-state index contributed by atoms with van der Waals surface area (Å²) in [7, 11) is 0.